The number of piperidine rings is 2. The molecule has 0 N–H and O–H groups in total. The van der Waals surface area contributed by atoms with Crippen molar-refractivity contribution < 1.29 is 4.39 Å². The van der Waals surface area contributed by atoms with Crippen molar-refractivity contribution in [3.8, 4) is 0 Å². The van der Waals surface area contributed by atoms with Crippen LogP contribution in [-0.4, -0.2) is 55.6 Å². The minimum absolute atomic E-state index is 0.0420. The van der Waals surface area contributed by atoms with E-state index in [1.165, 1.54) is 63.7 Å². The molecule has 0 radical (unpaired) electrons. The first-order valence-electron chi connectivity index (χ1n) is 12.8. The number of hydrogen-bond acceptors (Lipinski definition) is 3. The molecule has 0 atom stereocenters. The van der Waals surface area contributed by atoms with Gasteiger partial charge in [0.2, 0.25) is 0 Å². The van der Waals surface area contributed by atoms with Crippen LogP contribution in [0.5, 0.6) is 0 Å². The van der Waals surface area contributed by atoms with Gasteiger partial charge in [0.25, 0.3) is 0 Å². The van der Waals surface area contributed by atoms with Crippen molar-refractivity contribution >= 4 is 5.69 Å². The minimum atomic E-state index is -0.0420. The van der Waals surface area contributed by atoms with Gasteiger partial charge in [-0.25, -0.2) is 4.39 Å². The lowest BCUT2D eigenvalue weighted by Crippen LogP contribution is -2.38. The summed E-state index contributed by atoms with van der Waals surface area (Å²) in [5, 5.41) is 0. The molecule has 0 unspecified atom stereocenters. The van der Waals surface area contributed by atoms with Crippen LogP contribution in [0, 0.1) is 11.7 Å². The molecule has 0 bridgehead atoms. The molecule has 0 spiro atoms. The molecular weight excluding hydrogens is 397 g/mol. The Labute approximate surface area is 193 Å². The predicted molar refractivity (Wildman–Crippen MR) is 131 cm³/mol. The molecule has 0 aromatic heterocycles. The quantitative estimate of drug-likeness (QED) is 0.592. The molecule has 3 saturated heterocycles. The van der Waals surface area contributed by atoms with Gasteiger partial charge in [0, 0.05) is 26.2 Å². The molecule has 2 aromatic carbocycles. The van der Waals surface area contributed by atoms with Gasteiger partial charge in [-0.3, -0.25) is 4.90 Å². The molecule has 3 aliphatic heterocycles. The lowest BCUT2D eigenvalue weighted by Gasteiger charge is -2.35. The highest BCUT2D eigenvalue weighted by Crippen LogP contribution is 2.30. The normalized spacial score (nSPS) is 22.0. The standard InChI is InChI=1S/C28H38FN3/c29-27-20-24(22-31-16-12-26(13-17-31)25-6-2-1-3-7-25)8-9-28(27)32-18-10-23(11-19-32)21-30-14-4-5-15-30/h1-3,6-9,20,23,26H,4-5,10-19,21-22H2. The summed E-state index contributed by atoms with van der Waals surface area (Å²) in [6, 6.07) is 16.8. The monoisotopic (exact) mass is 435 g/mol. The highest BCUT2D eigenvalue weighted by atomic mass is 19.1. The van der Waals surface area contributed by atoms with Crippen molar-refractivity contribution in [1.82, 2.24) is 9.80 Å². The van der Waals surface area contributed by atoms with Crippen molar-refractivity contribution in [2.45, 2.75) is 51.0 Å². The summed E-state index contributed by atoms with van der Waals surface area (Å²) in [6.07, 6.45) is 7.49. The Kier molecular flexibility index (Phi) is 7.09. The second-order valence-electron chi connectivity index (χ2n) is 10.2. The zero-order valence-corrected chi connectivity index (χ0v) is 19.4. The Morgan fingerprint density at radius 1 is 0.750 bits per heavy atom. The van der Waals surface area contributed by atoms with Gasteiger partial charge in [-0.05, 0) is 99.8 Å². The molecule has 4 heteroatoms. The van der Waals surface area contributed by atoms with Gasteiger partial charge in [-0.15, -0.1) is 0 Å². The third-order valence-corrected chi connectivity index (χ3v) is 7.95. The van der Waals surface area contributed by atoms with Crippen LogP contribution in [0.2, 0.25) is 0 Å². The lowest BCUT2D eigenvalue weighted by atomic mass is 9.89. The summed E-state index contributed by atoms with van der Waals surface area (Å²) >= 11 is 0. The summed E-state index contributed by atoms with van der Waals surface area (Å²) < 4.78 is 15.0. The van der Waals surface area contributed by atoms with Crippen LogP contribution in [0.15, 0.2) is 48.5 Å². The fourth-order valence-electron chi connectivity index (χ4n) is 6.00. The average molecular weight is 436 g/mol. The predicted octanol–water partition coefficient (Wildman–Crippen LogP) is 5.52. The molecule has 0 saturated carbocycles. The Bertz CT molecular complexity index is 848. The molecule has 32 heavy (non-hydrogen) atoms. The van der Waals surface area contributed by atoms with Gasteiger partial charge in [-0.1, -0.05) is 36.4 Å². The van der Waals surface area contributed by atoms with Gasteiger partial charge in [0.15, 0.2) is 0 Å². The molecule has 3 nitrogen and oxygen atoms in total. The second kappa shape index (κ2) is 10.4. The van der Waals surface area contributed by atoms with Crippen molar-refractivity contribution in [3.05, 3.63) is 65.5 Å². The SMILES string of the molecule is Fc1cc(CN2CCC(c3ccccc3)CC2)ccc1N1CCC(CN2CCCC2)CC1. The van der Waals surface area contributed by atoms with Crippen LogP contribution in [0.1, 0.15) is 55.6 Å². The van der Waals surface area contributed by atoms with Crippen LogP contribution >= 0.6 is 0 Å². The zero-order chi connectivity index (χ0) is 21.8. The van der Waals surface area contributed by atoms with Crippen LogP contribution < -0.4 is 4.90 Å². The third kappa shape index (κ3) is 5.35. The van der Waals surface area contributed by atoms with Crippen LogP contribution in [0.4, 0.5) is 10.1 Å². The molecule has 3 aliphatic rings. The van der Waals surface area contributed by atoms with Crippen molar-refractivity contribution in [1.29, 1.82) is 0 Å². The molecule has 3 heterocycles. The first-order chi connectivity index (χ1) is 15.7. The van der Waals surface area contributed by atoms with E-state index >= 15 is 4.39 Å². The Morgan fingerprint density at radius 3 is 2.16 bits per heavy atom. The number of nitrogens with zero attached hydrogens (tertiary/aromatic N) is 3. The first kappa shape index (κ1) is 21.9. The molecule has 0 aliphatic carbocycles. The summed E-state index contributed by atoms with van der Waals surface area (Å²) in [6.45, 7) is 8.82. The maximum absolute atomic E-state index is 15.0. The zero-order valence-electron chi connectivity index (χ0n) is 19.4. The topological polar surface area (TPSA) is 9.72 Å². The Morgan fingerprint density at radius 2 is 1.47 bits per heavy atom. The third-order valence-electron chi connectivity index (χ3n) is 7.95. The van der Waals surface area contributed by atoms with E-state index in [1.54, 1.807) is 6.07 Å². The van der Waals surface area contributed by atoms with E-state index < -0.39 is 0 Å². The lowest BCUT2D eigenvalue weighted by molar-refractivity contribution is 0.204. The van der Waals surface area contributed by atoms with Gasteiger partial charge in [0.1, 0.15) is 5.82 Å². The second-order valence-corrected chi connectivity index (χ2v) is 10.2. The van der Waals surface area contributed by atoms with Crippen LogP contribution in [0.3, 0.4) is 0 Å². The van der Waals surface area contributed by atoms with E-state index in [0.29, 0.717) is 5.92 Å². The van der Waals surface area contributed by atoms with E-state index in [0.717, 1.165) is 49.9 Å². The smallest absolute Gasteiger partial charge is 0.146 e. The van der Waals surface area contributed by atoms with E-state index in [9.17, 15) is 0 Å². The summed E-state index contributed by atoms with van der Waals surface area (Å²) in [7, 11) is 0. The minimum Gasteiger partial charge on any atom is -0.369 e. The maximum atomic E-state index is 15.0. The summed E-state index contributed by atoms with van der Waals surface area (Å²) in [5.41, 5.74) is 3.37. The fourth-order valence-corrected chi connectivity index (χ4v) is 6.00. The van der Waals surface area contributed by atoms with E-state index in [2.05, 4.69) is 51.1 Å². The number of rotatable bonds is 6. The number of halogens is 1. The highest BCUT2D eigenvalue weighted by Gasteiger charge is 2.25. The van der Waals surface area contributed by atoms with E-state index in [-0.39, 0.29) is 5.82 Å². The van der Waals surface area contributed by atoms with E-state index in [1.807, 2.05) is 6.07 Å². The fraction of sp³-hybridized carbons (Fsp3) is 0.571. The first-order valence-corrected chi connectivity index (χ1v) is 12.8. The van der Waals surface area contributed by atoms with E-state index in [4.69, 9.17) is 0 Å². The largest absolute Gasteiger partial charge is 0.369 e. The molecular formula is C28H38FN3. The Hall–Kier alpha value is -1.91. The van der Waals surface area contributed by atoms with Crippen LogP contribution in [0.25, 0.3) is 0 Å². The summed E-state index contributed by atoms with van der Waals surface area (Å²) in [4.78, 5) is 7.38. The molecule has 0 amide bonds. The van der Waals surface area contributed by atoms with Crippen LogP contribution in [-0.2, 0) is 6.54 Å². The van der Waals surface area contributed by atoms with Gasteiger partial charge in [0.05, 0.1) is 5.69 Å². The average Bonchev–Trinajstić information content (AvgIpc) is 3.34. The van der Waals surface area contributed by atoms with Crippen molar-refractivity contribution in [3.63, 3.8) is 0 Å². The number of anilines is 1. The van der Waals surface area contributed by atoms with Gasteiger partial charge in [-0.2, -0.15) is 0 Å². The molecule has 3 fully saturated rings. The number of likely N-dealkylation sites (tertiary alicyclic amines) is 2. The number of benzene rings is 2. The van der Waals surface area contributed by atoms with Crippen molar-refractivity contribution in [2.75, 3.05) is 50.7 Å². The van der Waals surface area contributed by atoms with Crippen molar-refractivity contribution in [2.24, 2.45) is 5.92 Å². The summed E-state index contributed by atoms with van der Waals surface area (Å²) in [5.74, 6) is 1.41. The number of hydrogen-bond donors (Lipinski definition) is 0. The molecule has 2 aromatic rings. The van der Waals surface area contributed by atoms with Gasteiger partial charge >= 0.3 is 0 Å². The maximum Gasteiger partial charge on any atom is 0.146 e. The highest BCUT2D eigenvalue weighted by molar-refractivity contribution is 5.49. The molecule has 5 rings (SSSR count). The molecule has 172 valence electrons. The van der Waals surface area contributed by atoms with Gasteiger partial charge < -0.3 is 9.80 Å². The Balaban J connectivity index is 1.11.